The third kappa shape index (κ3) is 3.25. The van der Waals surface area contributed by atoms with Crippen LogP contribution in [0.4, 0.5) is 0 Å². The van der Waals surface area contributed by atoms with Crippen LogP contribution in [0.1, 0.15) is 35.8 Å². The minimum absolute atomic E-state index is 0.0535. The van der Waals surface area contributed by atoms with Gasteiger partial charge in [-0.15, -0.1) is 0 Å². The smallest absolute Gasteiger partial charge is 0.158 e. The first kappa shape index (κ1) is 18.5. The van der Waals surface area contributed by atoms with Gasteiger partial charge in [-0.05, 0) is 35.4 Å². The highest BCUT2D eigenvalue weighted by atomic mass is 16.5. The second kappa shape index (κ2) is 7.51. The van der Waals surface area contributed by atoms with Crippen molar-refractivity contribution in [3.05, 3.63) is 59.7 Å². The van der Waals surface area contributed by atoms with Crippen LogP contribution < -0.4 is 9.47 Å². The van der Waals surface area contributed by atoms with Crippen LogP contribution in [0.5, 0.6) is 11.5 Å². The SMILES string of the molecule is COc1ccc([C@H]2CC(=O)C[C@@H](c3ccc(OC)cc3)C2(C#N)C#N)cc1. The quantitative estimate of drug-likeness (QED) is 0.824. The van der Waals surface area contributed by atoms with E-state index in [1.54, 1.807) is 38.5 Å². The molecule has 0 bridgehead atoms. The van der Waals surface area contributed by atoms with Crippen molar-refractivity contribution < 1.29 is 14.3 Å². The maximum Gasteiger partial charge on any atom is 0.158 e. The molecule has 0 N–H and O–H groups in total. The predicted molar refractivity (Wildman–Crippen MR) is 99.4 cm³/mol. The van der Waals surface area contributed by atoms with Crippen LogP contribution in [-0.4, -0.2) is 20.0 Å². The number of methoxy groups -OCH3 is 2. The van der Waals surface area contributed by atoms with Gasteiger partial charge in [0.15, 0.2) is 5.41 Å². The molecular weight excluding hydrogens is 340 g/mol. The van der Waals surface area contributed by atoms with E-state index in [1.807, 2.05) is 24.3 Å². The molecule has 2 aromatic carbocycles. The highest BCUT2D eigenvalue weighted by Gasteiger charge is 2.52. The van der Waals surface area contributed by atoms with Gasteiger partial charge >= 0.3 is 0 Å². The molecule has 1 aliphatic rings. The number of carbonyl (C=O) groups excluding carboxylic acids is 1. The first-order chi connectivity index (χ1) is 13.1. The molecule has 136 valence electrons. The van der Waals surface area contributed by atoms with E-state index in [1.165, 1.54) is 0 Å². The molecule has 0 spiro atoms. The fraction of sp³-hybridized carbons (Fsp3) is 0.318. The Morgan fingerprint density at radius 3 is 1.48 bits per heavy atom. The molecule has 5 nitrogen and oxygen atoms in total. The molecule has 0 radical (unpaired) electrons. The van der Waals surface area contributed by atoms with Crippen molar-refractivity contribution >= 4 is 5.78 Å². The number of ketones is 1. The molecule has 1 saturated carbocycles. The normalized spacial score (nSPS) is 21.0. The Hall–Kier alpha value is -3.31. The Morgan fingerprint density at radius 2 is 1.19 bits per heavy atom. The van der Waals surface area contributed by atoms with Gasteiger partial charge in [-0.2, -0.15) is 10.5 Å². The molecule has 3 rings (SSSR count). The van der Waals surface area contributed by atoms with Crippen LogP contribution in [0, 0.1) is 28.1 Å². The van der Waals surface area contributed by atoms with Crippen LogP contribution in [0.25, 0.3) is 0 Å². The Kier molecular flexibility index (Phi) is 5.14. The lowest BCUT2D eigenvalue weighted by Gasteiger charge is -2.40. The zero-order valence-corrected chi connectivity index (χ0v) is 15.3. The summed E-state index contributed by atoms with van der Waals surface area (Å²) in [7, 11) is 3.15. The maximum atomic E-state index is 12.5. The molecule has 0 unspecified atom stereocenters. The lowest BCUT2D eigenvalue weighted by Crippen LogP contribution is -2.39. The van der Waals surface area contributed by atoms with Gasteiger partial charge in [-0.3, -0.25) is 4.79 Å². The molecule has 0 amide bonds. The molecule has 0 aliphatic heterocycles. The summed E-state index contributed by atoms with van der Waals surface area (Å²) >= 11 is 0. The van der Waals surface area contributed by atoms with Crippen molar-refractivity contribution in [3.63, 3.8) is 0 Å². The zero-order chi connectivity index (χ0) is 19.4. The first-order valence-electron chi connectivity index (χ1n) is 8.70. The number of nitrogens with zero attached hydrogens (tertiary/aromatic N) is 2. The molecule has 2 aromatic rings. The fourth-order valence-corrected chi connectivity index (χ4v) is 3.87. The van der Waals surface area contributed by atoms with Gasteiger partial charge in [0.2, 0.25) is 0 Å². The third-order valence-corrected chi connectivity index (χ3v) is 5.37. The Balaban J connectivity index is 2.08. The Morgan fingerprint density at radius 1 is 0.815 bits per heavy atom. The molecule has 5 heteroatoms. The summed E-state index contributed by atoms with van der Waals surface area (Å²) in [4.78, 5) is 12.5. The van der Waals surface area contributed by atoms with Gasteiger partial charge in [0.05, 0.1) is 26.4 Å². The summed E-state index contributed by atoms with van der Waals surface area (Å²) in [5.41, 5.74) is 0.271. The lowest BCUT2D eigenvalue weighted by molar-refractivity contribution is -0.122. The monoisotopic (exact) mass is 360 g/mol. The van der Waals surface area contributed by atoms with E-state index in [-0.39, 0.29) is 18.6 Å². The third-order valence-electron chi connectivity index (χ3n) is 5.37. The number of carbonyl (C=O) groups is 1. The van der Waals surface area contributed by atoms with Gasteiger partial charge in [-0.25, -0.2) is 0 Å². The standard InChI is InChI=1S/C22H20N2O3/c1-26-18-7-3-15(4-8-18)20-11-17(25)12-21(22(20,13-23)14-24)16-5-9-19(27-2)10-6-16/h3-10,20-21H,11-12H2,1-2H3/t20-,21+. The number of hydrogen-bond donors (Lipinski definition) is 0. The predicted octanol–water partition coefficient (Wildman–Crippen LogP) is 3.97. The molecule has 0 saturated heterocycles. The second-order valence-electron chi connectivity index (χ2n) is 6.69. The average Bonchev–Trinajstić information content (AvgIpc) is 2.73. The maximum absolute atomic E-state index is 12.5. The van der Waals surface area contributed by atoms with Crippen molar-refractivity contribution in [2.45, 2.75) is 24.7 Å². The molecule has 1 aliphatic carbocycles. The van der Waals surface area contributed by atoms with Crippen molar-refractivity contribution in [3.8, 4) is 23.6 Å². The van der Waals surface area contributed by atoms with E-state index in [9.17, 15) is 15.3 Å². The molecule has 1 fully saturated rings. The first-order valence-corrected chi connectivity index (χ1v) is 8.70. The number of ether oxygens (including phenoxy) is 2. The lowest BCUT2D eigenvalue weighted by atomic mass is 9.57. The fourth-order valence-electron chi connectivity index (χ4n) is 3.87. The van der Waals surface area contributed by atoms with E-state index in [4.69, 9.17) is 9.47 Å². The van der Waals surface area contributed by atoms with Gasteiger partial charge < -0.3 is 9.47 Å². The minimum atomic E-state index is -1.32. The topological polar surface area (TPSA) is 83.1 Å². The summed E-state index contributed by atoms with van der Waals surface area (Å²) in [6.45, 7) is 0. The highest BCUT2D eigenvalue weighted by molar-refractivity contribution is 5.82. The largest absolute Gasteiger partial charge is 0.497 e. The van der Waals surface area contributed by atoms with Gasteiger partial charge in [0, 0.05) is 24.7 Å². The van der Waals surface area contributed by atoms with Crippen LogP contribution in [0.3, 0.4) is 0 Å². The number of Topliss-reactive ketones (excluding diaryl/α,β-unsaturated/α-hetero) is 1. The van der Waals surface area contributed by atoms with E-state index in [0.717, 1.165) is 11.1 Å². The van der Waals surface area contributed by atoms with Crippen LogP contribution in [0.15, 0.2) is 48.5 Å². The molecular formula is C22H20N2O3. The molecule has 2 atom stereocenters. The molecule has 0 heterocycles. The van der Waals surface area contributed by atoms with Crippen molar-refractivity contribution in [2.24, 2.45) is 5.41 Å². The van der Waals surface area contributed by atoms with Crippen molar-refractivity contribution in [1.29, 1.82) is 10.5 Å². The van der Waals surface area contributed by atoms with E-state index in [0.29, 0.717) is 11.5 Å². The van der Waals surface area contributed by atoms with E-state index >= 15 is 0 Å². The summed E-state index contributed by atoms with van der Waals surface area (Å²) in [5.74, 6) is 0.440. The van der Waals surface area contributed by atoms with Crippen LogP contribution >= 0.6 is 0 Å². The second-order valence-corrected chi connectivity index (χ2v) is 6.69. The summed E-state index contributed by atoms with van der Waals surface area (Å²) in [6.07, 6.45) is 0.361. The minimum Gasteiger partial charge on any atom is -0.497 e. The van der Waals surface area contributed by atoms with Gasteiger partial charge in [0.25, 0.3) is 0 Å². The summed E-state index contributed by atoms with van der Waals surface area (Å²) < 4.78 is 10.4. The van der Waals surface area contributed by atoms with Crippen molar-refractivity contribution in [1.82, 2.24) is 0 Å². The number of nitriles is 2. The average molecular weight is 360 g/mol. The van der Waals surface area contributed by atoms with Crippen LogP contribution in [-0.2, 0) is 4.79 Å². The van der Waals surface area contributed by atoms with Gasteiger partial charge in [-0.1, -0.05) is 24.3 Å². The summed E-state index contributed by atoms with van der Waals surface area (Å²) in [6, 6.07) is 19.0. The Bertz CT molecular complexity index is 829. The highest BCUT2D eigenvalue weighted by Crippen LogP contribution is 2.53. The summed E-state index contributed by atoms with van der Waals surface area (Å²) in [5, 5.41) is 20.1. The number of benzene rings is 2. The van der Waals surface area contributed by atoms with Crippen LogP contribution in [0.2, 0.25) is 0 Å². The van der Waals surface area contributed by atoms with Gasteiger partial charge in [0.1, 0.15) is 17.3 Å². The molecule has 0 aromatic heterocycles. The molecule has 27 heavy (non-hydrogen) atoms. The van der Waals surface area contributed by atoms with E-state index in [2.05, 4.69) is 12.1 Å². The Labute approximate surface area is 158 Å². The number of hydrogen-bond acceptors (Lipinski definition) is 5. The van der Waals surface area contributed by atoms with Crippen molar-refractivity contribution in [2.75, 3.05) is 14.2 Å². The zero-order valence-electron chi connectivity index (χ0n) is 15.3. The number of rotatable bonds is 4. The van der Waals surface area contributed by atoms with E-state index < -0.39 is 17.3 Å².